The summed E-state index contributed by atoms with van der Waals surface area (Å²) < 4.78 is 18.8. The van der Waals surface area contributed by atoms with Gasteiger partial charge in [0, 0.05) is 44.3 Å². The summed E-state index contributed by atoms with van der Waals surface area (Å²) in [5.74, 6) is -0.191. The van der Waals surface area contributed by atoms with Crippen LogP contribution in [0, 0.1) is 11.2 Å². The van der Waals surface area contributed by atoms with E-state index in [1.807, 2.05) is 12.1 Å². The molecule has 2 atom stereocenters. The minimum Gasteiger partial charge on any atom is -0.462 e. The topological polar surface area (TPSA) is 32.8 Å². The van der Waals surface area contributed by atoms with Crippen LogP contribution in [0.3, 0.4) is 0 Å². The Morgan fingerprint density at radius 1 is 1.19 bits per heavy atom. The molecule has 0 unspecified atom stereocenters. The van der Waals surface area contributed by atoms with Gasteiger partial charge in [0.05, 0.1) is 5.41 Å². The van der Waals surface area contributed by atoms with E-state index < -0.39 is 0 Å². The van der Waals surface area contributed by atoms with E-state index in [1.165, 1.54) is 12.1 Å². The number of cyclic esters (lactones) is 1. The number of anilines is 1. The maximum atomic E-state index is 13.1. The van der Waals surface area contributed by atoms with Crippen LogP contribution in [-0.4, -0.2) is 49.2 Å². The molecule has 0 spiro atoms. The molecule has 5 heteroatoms. The van der Waals surface area contributed by atoms with Crippen molar-refractivity contribution in [3.63, 3.8) is 0 Å². The Hall–Kier alpha value is -1.62. The fourth-order valence-corrected chi connectivity index (χ4v) is 4.35. The van der Waals surface area contributed by atoms with Crippen LogP contribution < -0.4 is 4.90 Å². The Bertz CT molecular complexity index is 615. The number of piperazine rings is 1. The van der Waals surface area contributed by atoms with Gasteiger partial charge in [-0.15, -0.1) is 0 Å². The lowest BCUT2D eigenvalue weighted by Gasteiger charge is -2.41. The second-order valence-corrected chi connectivity index (χ2v) is 7.81. The summed E-state index contributed by atoms with van der Waals surface area (Å²) in [6, 6.07) is 7.17. The van der Waals surface area contributed by atoms with Crippen molar-refractivity contribution in [1.82, 2.24) is 4.90 Å². The molecule has 144 valence electrons. The molecular weight excluding hydrogens is 331 g/mol. The van der Waals surface area contributed by atoms with E-state index >= 15 is 0 Å². The first kappa shape index (κ1) is 19.2. The van der Waals surface area contributed by atoms with E-state index in [1.54, 1.807) is 0 Å². The number of benzene rings is 1. The lowest BCUT2D eigenvalue weighted by atomic mass is 9.79. The molecule has 2 fully saturated rings. The number of nitrogens with zero attached hydrogens (tertiary/aromatic N) is 2. The summed E-state index contributed by atoms with van der Waals surface area (Å²) in [6.45, 7) is 10.2. The Morgan fingerprint density at radius 3 is 2.46 bits per heavy atom. The molecule has 0 N–H and O–H groups in total. The van der Waals surface area contributed by atoms with Crippen molar-refractivity contribution in [2.75, 3.05) is 31.1 Å². The monoisotopic (exact) mass is 362 g/mol. The van der Waals surface area contributed by atoms with Crippen LogP contribution in [0.2, 0.25) is 0 Å². The van der Waals surface area contributed by atoms with Crippen LogP contribution in [0.5, 0.6) is 0 Å². The SMILES string of the molecule is CCC1(CC)C[C@H](CCN2CCN(c3ccc(F)cc3)C[C@H]2C)OC1=O. The van der Waals surface area contributed by atoms with E-state index in [9.17, 15) is 9.18 Å². The van der Waals surface area contributed by atoms with Crippen LogP contribution in [-0.2, 0) is 9.53 Å². The first-order chi connectivity index (χ1) is 12.5. The van der Waals surface area contributed by atoms with Gasteiger partial charge >= 0.3 is 5.97 Å². The Balaban J connectivity index is 1.50. The van der Waals surface area contributed by atoms with Gasteiger partial charge in [0.25, 0.3) is 0 Å². The van der Waals surface area contributed by atoms with E-state index in [0.717, 1.165) is 57.5 Å². The zero-order valence-corrected chi connectivity index (χ0v) is 16.2. The first-order valence-corrected chi connectivity index (χ1v) is 9.93. The fourth-order valence-electron chi connectivity index (χ4n) is 4.35. The molecule has 26 heavy (non-hydrogen) atoms. The van der Waals surface area contributed by atoms with Crippen molar-refractivity contribution in [2.24, 2.45) is 5.41 Å². The summed E-state index contributed by atoms with van der Waals surface area (Å²) in [5.41, 5.74) is 0.829. The number of hydrogen-bond acceptors (Lipinski definition) is 4. The zero-order valence-electron chi connectivity index (χ0n) is 16.2. The van der Waals surface area contributed by atoms with Crippen molar-refractivity contribution in [3.8, 4) is 0 Å². The third-order valence-electron chi connectivity index (χ3n) is 6.37. The predicted octanol–water partition coefficient (Wildman–Crippen LogP) is 3.85. The van der Waals surface area contributed by atoms with Crippen molar-refractivity contribution < 1.29 is 13.9 Å². The van der Waals surface area contributed by atoms with Gasteiger partial charge in [0.2, 0.25) is 0 Å². The lowest BCUT2D eigenvalue weighted by molar-refractivity contribution is -0.149. The molecule has 0 bridgehead atoms. The van der Waals surface area contributed by atoms with Crippen molar-refractivity contribution in [1.29, 1.82) is 0 Å². The van der Waals surface area contributed by atoms with Crippen LogP contribution in [0.25, 0.3) is 0 Å². The van der Waals surface area contributed by atoms with Gasteiger partial charge in [-0.2, -0.15) is 0 Å². The van der Waals surface area contributed by atoms with Crippen molar-refractivity contribution in [3.05, 3.63) is 30.1 Å². The molecular formula is C21H31FN2O2. The molecule has 0 radical (unpaired) electrons. The molecule has 4 nitrogen and oxygen atoms in total. The minimum absolute atomic E-state index is 0.00155. The van der Waals surface area contributed by atoms with Crippen LogP contribution in [0.4, 0.5) is 10.1 Å². The second kappa shape index (κ2) is 7.95. The summed E-state index contributed by atoms with van der Waals surface area (Å²) in [7, 11) is 0. The van der Waals surface area contributed by atoms with Gasteiger partial charge in [-0.1, -0.05) is 13.8 Å². The normalized spacial score (nSPS) is 26.2. The number of ether oxygens (including phenoxy) is 1. The van der Waals surface area contributed by atoms with Crippen molar-refractivity contribution in [2.45, 2.75) is 58.6 Å². The molecule has 1 aromatic rings. The molecule has 0 aliphatic carbocycles. The maximum Gasteiger partial charge on any atom is 0.312 e. The summed E-state index contributed by atoms with van der Waals surface area (Å²) in [6.07, 6.45) is 3.57. The molecule has 3 rings (SSSR count). The number of esters is 1. The predicted molar refractivity (Wildman–Crippen MR) is 102 cm³/mol. The molecule has 0 amide bonds. The highest BCUT2D eigenvalue weighted by Gasteiger charge is 2.46. The van der Waals surface area contributed by atoms with E-state index in [0.29, 0.717) is 6.04 Å². The number of hydrogen-bond donors (Lipinski definition) is 0. The highest BCUT2D eigenvalue weighted by molar-refractivity contribution is 5.78. The standard InChI is InChI=1S/C21H31FN2O2/c1-4-21(5-2)14-19(26-20(21)25)10-11-23-12-13-24(15-16(23)3)18-8-6-17(22)7-9-18/h6-9,16,19H,4-5,10-15H2,1-3H3/t16-,19+/m1/s1. The summed E-state index contributed by atoms with van der Waals surface area (Å²) in [4.78, 5) is 17.0. The van der Waals surface area contributed by atoms with Crippen LogP contribution in [0.15, 0.2) is 24.3 Å². The van der Waals surface area contributed by atoms with Crippen molar-refractivity contribution >= 4 is 11.7 Å². The van der Waals surface area contributed by atoms with Gasteiger partial charge in [-0.25, -0.2) is 4.39 Å². The third-order valence-corrected chi connectivity index (χ3v) is 6.37. The van der Waals surface area contributed by atoms with Gasteiger partial charge < -0.3 is 9.64 Å². The van der Waals surface area contributed by atoms with Gasteiger partial charge in [0.1, 0.15) is 11.9 Å². The smallest absolute Gasteiger partial charge is 0.312 e. The Morgan fingerprint density at radius 2 is 1.88 bits per heavy atom. The first-order valence-electron chi connectivity index (χ1n) is 9.93. The van der Waals surface area contributed by atoms with Gasteiger partial charge in [-0.3, -0.25) is 9.69 Å². The van der Waals surface area contributed by atoms with Gasteiger partial charge in [0.15, 0.2) is 0 Å². The largest absolute Gasteiger partial charge is 0.462 e. The summed E-state index contributed by atoms with van der Waals surface area (Å²) >= 11 is 0. The highest BCUT2D eigenvalue weighted by Crippen LogP contribution is 2.41. The lowest BCUT2D eigenvalue weighted by Crippen LogP contribution is -2.52. The van der Waals surface area contributed by atoms with E-state index in [4.69, 9.17) is 4.74 Å². The van der Waals surface area contributed by atoms with E-state index in [-0.39, 0.29) is 23.3 Å². The van der Waals surface area contributed by atoms with Gasteiger partial charge in [-0.05, 0) is 50.5 Å². The molecule has 2 heterocycles. The number of halogens is 1. The zero-order chi connectivity index (χ0) is 18.7. The maximum absolute atomic E-state index is 13.1. The molecule has 0 aromatic heterocycles. The average molecular weight is 362 g/mol. The molecule has 2 aliphatic rings. The Labute approximate surface area is 156 Å². The molecule has 1 aromatic carbocycles. The number of carbonyl (C=O) groups excluding carboxylic acids is 1. The van der Waals surface area contributed by atoms with Crippen LogP contribution >= 0.6 is 0 Å². The fraction of sp³-hybridized carbons (Fsp3) is 0.667. The summed E-state index contributed by atoms with van der Waals surface area (Å²) in [5, 5.41) is 0. The molecule has 2 saturated heterocycles. The quantitative estimate of drug-likeness (QED) is 0.720. The second-order valence-electron chi connectivity index (χ2n) is 7.81. The molecule has 0 saturated carbocycles. The van der Waals surface area contributed by atoms with Crippen LogP contribution in [0.1, 0.15) is 46.5 Å². The van der Waals surface area contributed by atoms with E-state index in [2.05, 4.69) is 30.6 Å². The number of carbonyl (C=O) groups is 1. The molecule has 2 aliphatic heterocycles. The number of rotatable bonds is 6. The average Bonchev–Trinajstić information content (AvgIpc) is 2.97. The highest BCUT2D eigenvalue weighted by atomic mass is 19.1. The minimum atomic E-state index is -0.252. The third kappa shape index (κ3) is 3.88. The Kier molecular flexibility index (Phi) is 5.86.